The Labute approximate surface area is 214 Å². The fourth-order valence-electron chi connectivity index (χ4n) is 4.85. The van der Waals surface area contributed by atoms with E-state index in [-0.39, 0.29) is 29.2 Å². The molecule has 1 unspecified atom stereocenters. The number of aliphatic hydroxyl groups excluding tert-OH is 1. The normalized spacial score (nSPS) is 16.0. The van der Waals surface area contributed by atoms with Crippen LogP contribution in [0.1, 0.15) is 53.3 Å². The minimum atomic E-state index is -0.680. The Morgan fingerprint density at radius 1 is 1.19 bits per heavy atom. The summed E-state index contributed by atoms with van der Waals surface area (Å²) in [4.78, 5) is 25.8. The molecule has 1 fully saturated rings. The van der Waals surface area contributed by atoms with Crippen LogP contribution in [0.15, 0.2) is 42.5 Å². The highest BCUT2D eigenvalue weighted by Gasteiger charge is 2.32. The van der Waals surface area contributed by atoms with Gasteiger partial charge < -0.3 is 24.5 Å². The maximum atomic E-state index is 13.9. The minimum absolute atomic E-state index is 0.0443. The van der Waals surface area contributed by atoms with Gasteiger partial charge in [-0.05, 0) is 55.0 Å². The molecule has 7 nitrogen and oxygen atoms in total. The molecule has 2 heterocycles. The number of rotatable bonds is 8. The molecule has 1 aliphatic heterocycles. The summed E-state index contributed by atoms with van der Waals surface area (Å²) < 4.78 is 26.3. The first kappa shape index (κ1) is 26.1. The van der Waals surface area contributed by atoms with Gasteiger partial charge in [-0.2, -0.15) is 0 Å². The average Bonchev–Trinajstić information content (AvgIpc) is 3.23. The number of nitrogens with one attached hydrogen (secondary N) is 1. The van der Waals surface area contributed by atoms with Crippen LogP contribution in [0.25, 0.3) is 10.9 Å². The van der Waals surface area contributed by atoms with E-state index in [1.165, 1.54) is 12.1 Å². The minimum Gasteiger partial charge on any atom is -0.466 e. The van der Waals surface area contributed by atoms with E-state index in [4.69, 9.17) is 21.1 Å². The van der Waals surface area contributed by atoms with E-state index in [1.54, 1.807) is 36.7 Å². The summed E-state index contributed by atoms with van der Waals surface area (Å²) in [6.07, 6.45) is 1.55. The van der Waals surface area contributed by atoms with Crippen LogP contribution in [0.3, 0.4) is 0 Å². The van der Waals surface area contributed by atoms with E-state index >= 15 is 0 Å². The van der Waals surface area contributed by atoms with E-state index in [0.717, 1.165) is 18.4 Å². The van der Waals surface area contributed by atoms with Crippen LogP contribution < -0.4 is 5.32 Å². The Bertz CT molecular complexity index is 1240. The van der Waals surface area contributed by atoms with Gasteiger partial charge >= 0.3 is 5.97 Å². The lowest BCUT2D eigenvalue weighted by Crippen LogP contribution is -2.32. The largest absolute Gasteiger partial charge is 0.466 e. The van der Waals surface area contributed by atoms with Gasteiger partial charge in [-0.15, -0.1) is 0 Å². The van der Waals surface area contributed by atoms with Gasteiger partial charge in [0, 0.05) is 25.6 Å². The van der Waals surface area contributed by atoms with Crippen molar-refractivity contribution in [3.63, 3.8) is 0 Å². The van der Waals surface area contributed by atoms with Crippen LogP contribution in [0.4, 0.5) is 4.39 Å². The molecular formula is C27H30ClFN2O5. The zero-order valence-electron chi connectivity index (χ0n) is 20.3. The fraction of sp³-hybridized carbons (Fsp3) is 0.407. The summed E-state index contributed by atoms with van der Waals surface area (Å²) >= 11 is 6.08. The van der Waals surface area contributed by atoms with Crippen molar-refractivity contribution in [2.45, 2.75) is 31.7 Å². The van der Waals surface area contributed by atoms with Gasteiger partial charge in [-0.25, -0.2) is 4.39 Å². The lowest BCUT2D eigenvalue weighted by atomic mass is 9.81. The third kappa shape index (κ3) is 5.26. The number of esters is 1. The molecule has 0 aliphatic carbocycles. The van der Waals surface area contributed by atoms with Crippen molar-refractivity contribution in [1.29, 1.82) is 0 Å². The number of aryl methyl sites for hydroxylation is 1. The van der Waals surface area contributed by atoms with Gasteiger partial charge in [0.25, 0.3) is 5.91 Å². The Morgan fingerprint density at radius 2 is 1.86 bits per heavy atom. The summed E-state index contributed by atoms with van der Waals surface area (Å²) in [6, 6.07) is 11.0. The highest BCUT2D eigenvalue weighted by atomic mass is 35.5. The van der Waals surface area contributed by atoms with Crippen molar-refractivity contribution in [1.82, 2.24) is 9.88 Å². The maximum absolute atomic E-state index is 13.9. The molecule has 1 aromatic heterocycles. The number of hydrogen-bond donors (Lipinski definition) is 2. The van der Waals surface area contributed by atoms with Crippen LogP contribution in [-0.4, -0.2) is 48.0 Å². The fourth-order valence-corrected chi connectivity index (χ4v) is 5.07. The van der Waals surface area contributed by atoms with Crippen LogP contribution >= 0.6 is 11.6 Å². The Morgan fingerprint density at radius 3 is 2.50 bits per heavy atom. The van der Waals surface area contributed by atoms with Gasteiger partial charge in [0.05, 0.1) is 35.7 Å². The number of fused-ring (bicyclic) bond motifs is 1. The molecule has 2 atom stereocenters. The van der Waals surface area contributed by atoms with Gasteiger partial charge in [0.15, 0.2) is 0 Å². The molecular weight excluding hydrogens is 487 g/mol. The Kier molecular flexibility index (Phi) is 8.28. The van der Waals surface area contributed by atoms with E-state index in [1.807, 2.05) is 12.1 Å². The number of hydrogen-bond acceptors (Lipinski definition) is 5. The molecule has 0 spiro atoms. The monoisotopic (exact) mass is 516 g/mol. The standard InChI is InChI=1S/C27H30ClFN2O5/c1-3-36-27(34)24(18-10-12-35-13-11-18)17-6-4-16(5-7-17)21(15-32)30-26(33)23-14-19-22(31(23)2)9-8-20(29)25(19)28/h4-9,14,18,21,24,32H,3,10-13,15H2,1-2H3,(H,30,33)/t21-,24?/m1/s1. The molecule has 36 heavy (non-hydrogen) atoms. The van der Waals surface area contributed by atoms with Crippen molar-refractivity contribution >= 4 is 34.4 Å². The molecule has 4 rings (SSSR count). The quantitative estimate of drug-likeness (QED) is 0.430. The molecule has 0 bridgehead atoms. The first-order chi connectivity index (χ1) is 17.3. The number of nitrogens with zero attached hydrogens (tertiary/aromatic N) is 1. The average molecular weight is 517 g/mol. The Balaban J connectivity index is 1.55. The number of carbonyl (C=O) groups excluding carboxylic acids is 2. The number of ether oxygens (including phenoxy) is 2. The second-order valence-corrected chi connectivity index (χ2v) is 9.32. The zero-order chi connectivity index (χ0) is 25.8. The van der Waals surface area contributed by atoms with Gasteiger partial charge in [-0.3, -0.25) is 9.59 Å². The second kappa shape index (κ2) is 11.4. The number of amides is 1. The summed E-state index contributed by atoms with van der Waals surface area (Å²) in [6.45, 7) is 3.00. The predicted octanol–water partition coefficient (Wildman–Crippen LogP) is 4.51. The van der Waals surface area contributed by atoms with Crippen LogP contribution in [0.5, 0.6) is 0 Å². The first-order valence-corrected chi connectivity index (χ1v) is 12.4. The number of carbonyl (C=O) groups is 2. The van der Waals surface area contributed by atoms with Crippen molar-refractivity contribution in [3.05, 3.63) is 70.1 Å². The summed E-state index contributed by atoms with van der Waals surface area (Å²) in [5.74, 6) is -1.52. The third-order valence-corrected chi connectivity index (χ3v) is 7.19. The lowest BCUT2D eigenvalue weighted by Gasteiger charge is -2.29. The SMILES string of the molecule is CCOC(=O)C(c1ccc([C@@H](CO)NC(=O)c2cc3c(Cl)c(F)ccc3n2C)cc1)C1CCOCC1. The molecule has 2 aromatic carbocycles. The van der Waals surface area contributed by atoms with Gasteiger partial charge in [-0.1, -0.05) is 35.9 Å². The molecule has 0 saturated carbocycles. The van der Waals surface area contributed by atoms with E-state index in [9.17, 15) is 19.1 Å². The van der Waals surface area contributed by atoms with E-state index in [0.29, 0.717) is 36.3 Å². The molecule has 0 radical (unpaired) electrons. The Hall–Kier alpha value is -2.94. The van der Waals surface area contributed by atoms with Crippen molar-refractivity contribution in [2.75, 3.05) is 26.4 Å². The molecule has 192 valence electrons. The van der Waals surface area contributed by atoms with Crippen molar-refractivity contribution < 1.29 is 28.6 Å². The predicted molar refractivity (Wildman–Crippen MR) is 135 cm³/mol. The zero-order valence-corrected chi connectivity index (χ0v) is 21.1. The molecule has 1 saturated heterocycles. The maximum Gasteiger partial charge on any atom is 0.313 e. The summed E-state index contributed by atoms with van der Waals surface area (Å²) in [5.41, 5.74) is 2.42. The number of benzene rings is 2. The van der Waals surface area contributed by atoms with Crippen molar-refractivity contribution in [2.24, 2.45) is 13.0 Å². The van der Waals surface area contributed by atoms with Gasteiger partial charge in [0.2, 0.25) is 0 Å². The molecule has 3 aromatic rings. The smallest absolute Gasteiger partial charge is 0.313 e. The number of aliphatic hydroxyl groups is 1. The van der Waals surface area contributed by atoms with Crippen molar-refractivity contribution in [3.8, 4) is 0 Å². The highest BCUT2D eigenvalue weighted by Crippen LogP contribution is 2.34. The topological polar surface area (TPSA) is 89.8 Å². The van der Waals surface area contributed by atoms with Crippen LogP contribution in [0, 0.1) is 11.7 Å². The summed E-state index contributed by atoms with van der Waals surface area (Å²) in [5, 5.41) is 13.3. The molecule has 1 aliphatic rings. The molecule has 2 N–H and O–H groups in total. The lowest BCUT2D eigenvalue weighted by molar-refractivity contribution is -0.147. The van der Waals surface area contributed by atoms with Crippen LogP contribution in [0.2, 0.25) is 5.02 Å². The third-order valence-electron chi connectivity index (χ3n) is 6.81. The van der Waals surface area contributed by atoms with Gasteiger partial charge in [0.1, 0.15) is 11.5 Å². The second-order valence-electron chi connectivity index (χ2n) is 8.94. The van der Waals surface area contributed by atoms with E-state index < -0.39 is 23.7 Å². The van der Waals surface area contributed by atoms with Crippen LogP contribution in [-0.2, 0) is 21.3 Å². The highest BCUT2D eigenvalue weighted by molar-refractivity contribution is 6.35. The number of halogens is 2. The molecule has 9 heteroatoms. The summed E-state index contributed by atoms with van der Waals surface area (Å²) in [7, 11) is 1.69. The first-order valence-electron chi connectivity index (χ1n) is 12.0. The van der Waals surface area contributed by atoms with E-state index in [2.05, 4.69) is 5.32 Å². The number of aromatic nitrogens is 1. The molecule has 1 amide bonds.